The van der Waals surface area contributed by atoms with Crippen molar-refractivity contribution in [2.45, 2.75) is 99.6 Å². The average Bonchev–Trinajstić information content (AvgIpc) is 2.61. The van der Waals surface area contributed by atoms with Gasteiger partial charge < -0.3 is 9.47 Å². The van der Waals surface area contributed by atoms with Crippen LogP contribution in [0.1, 0.15) is 83.5 Å². The van der Waals surface area contributed by atoms with E-state index >= 15 is 0 Å². The maximum atomic E-state index is 6.42. The van der Waals surface area contributed by atoms with E-state index in [9.17, 15) is 0 Å². The first-order valence-corrected chi connectivity index (χ1v) is 11.4. The highest BCUT2D eigenvalue weighted by atomic mass is 127. The van der Waals surface area contributed by atoms with Crippen LogP contribution in [0, 0.1) is 11.8 Å². The molecule has 2 nitrogen and oxygen atoms in total. The summed E-state index contributed by atoms with van der Waals surface area (Å²) < 4.78 is 13.6. The fraction of sp³-hybridized carbons (Fsp3) is 1.00. The Balaban J connectivity index is 1.43. The number of hydrogen-bond acceptors (Lipinski definition) is 2. The minimum absolute atomic E-state index is 0.358. The number of ether oxygens (including phenoxy) is 2. The van der Waals surface area contributed by atoms with E-state index in [1.54, 1.807) is 0 Å². The summed E-state index contributed by atoms with van der Waals surface area (Å²) in [5.74, 6) is 1.64. The van der Waals surface area contributed by atoms with Crippen molar-refractivity contribution in [3.8, 4) is 0 Å². The molecule has 3 fully saturated rings. The van der Waals surface area contributed by atoms with Gasteiger partial charge in [-0.3, -0.25) is 0 Å². The van der Waals surface area contributed by atoms with Gasteiger partial charge in [0, 0.05) is 17.1 Å². The van der Waals surface area contributed by atoms with E-state index in [-0.39, 0.29) is 0 Å². The molecule has 3 rings (SSSR count). The van der Waals surface area contributed by atoms with Crippen LogP contribution in [0.25, 0.3) is 0 Å². The second kappa shape index (κ2) is 9.96. The van der Waals surface area contributed by atoms with Gasteiger partial charge in [0.05, 0.1) is 12.2 Å². The van der Waals surface area contributed by atoms with Gasteiger partial charge in [-0.25, -0.2) is 0 Å². The van der Waals surface area contributed by atoms with Crippen LogP contribution in [0.2, 0.25) is 0 Å². The maximum Gasteiger partial charge on any atom is 0.0846 e. The van der Waals surface area contributed by atoms with E-state index < -0.39 is 0 Å². The first-order valence-electron chi connectivity index (χ1n) is 10.2. The van der Waals surface area contributed by atoms with Gasteiger partial charge in [0.15, 0.2) is 0 Å². The van der Waals surface area contributed by atoms with Crippen LogP contribution >= 0.6 is 22.6 Å². The topological polar surface area (TPSA) is 18.5 Å². The predicted octanol–water partition coefficient (Wildman–Crippen LogP) is 5.90. The maximum absolute atomic E-state index is 6.42. The van der Waals surface area contributed by atoms with Crippen LogP contribution in [-0.2, 0) is 9.47 Å². The molecule has 3 heteroatoms. The Hall–Kier alpha value is 0.650. The molecule has 0 radical (unpaired) electrons. The molecule has 0 aromatic heterocycles. The van der Waals surface area contributed by atoms with Gasteiger partial charge in [0.2, 0.25) is 0 Å². The molecule has 3 saturated carbocycles. The zero-order chi connectivity index (χ0) is 15.9. The van der Waals surface area contributed by atoms with E-state index in [1.807, 2.05) is 0 Å². The Kier molecular flexibility index (Phi) is 7.99. The van der Waals surface area contributed by atoms with Crippen LogP contribution in [0.15, 0.2) is 0 Å². The Morgan fingerprint density at radius 3 is 1.70 bits per heavy atom. The molecule has 134 valence electrons. The molecule has 0 saturated heterocycles. The first-order chi connectivity index (χ1) is 11.3. The molecule has 0 N–H and O–H groups in total. The molecule has 0 heterocycles. The third-order valence-electron chi connectivity index (χ3n) is 6.21. The molecule has 0 spiro atoms. The molecule has 3 unspecified atom stereocenters. The largest absolute Gasteiger partial charge is 0.375 e. The standard InChI is InChI=1S/C20H35IO2/c21-18-11-12-19(22-14-16-7-3-1-4-8-16)20(13-18)23-15-17-9-5-2-6-10-17/h16-20H,1-15H2. The Morgan fingerprint density at radius 2 is 1.13 bits per heavy atom. The molecular weight excluding hydrogens is 399 g/mol. The molecule has 0 aromatic rings. The van der Waals surface area contributed by atoms with E-state index in [1.165, 1.54) is 83.5 Å². The number of halogens is 1. The predicted molar refractivity (Wildman–Crippen MR) is 104 cm³/mol. The van der Waals surface area contributed by atoms with Crippen molar-refractivity contribution in [3.05, 3.63) is 0 Å². The lowest BCUT2D eigenvalue weighted by Gasteiger charge is -2.36. The fourth-order valence-electron chi connectivity index (χ4n) is 4.65. The van der Waals surface area contributed by atoms with E-state index in [0.717, 1.165) is 29.0 Å². The van der Waals surface area contributed by atoms with Crippen LogP contribution in [-0.4, -0.2) is 29.3 Å². The Labute approximate surface area is 156 Å². The van der Waals surface area contributed by atoms with E-state index in [2.05, 4.69) is 22.6 Å². The normalized spacial score (nSPS) is 34.6. The van der Waals surface area contributed by atoms with Gasteiger partial charge in [0.25, 0.3) is 0 Å². The lowest BCUT2D eigenvalue weighted by Crippen LogP contribution is -2.40. The number of rotatable bonds is 6. The summed E-state index contributed by atoms with van der Waals surface area (Å²) in [6.45, 7) is 1.97. The fourth-order valence-corrected chi connectivity index (χ4v) is 5.51. The van der Waals surface area contributed by atoms with Crippen LogP contribution in [0.5, 0.6) is 0 Å². The molecule has 3 atom stereocenters. The van der Waals surface area contributed by atoms with Crippen molar-refractivity contribution < 1.29 is 9.47 Å². The van der Waals surface area contributed by atoms with Crippen LogP contribution in [0.4, 0.5) is 0 Å². The molecular formula is C20H35IO2. The Morgan fingerprint density at radius 1 is 0.609 bits per heavy atom. The summed E-state index contributed by atoms with van der Waals surface area (Å²) in [4.78, 5) is 0. The number of alkyl halides is 1. The summed E-state index contributed by atoms with van der Waals surface area (Å²) in [5, 5.41) is 0. The van der Waals surface area contributed by atoms with Gasteiger partial charge >= 0.3 is 0 Å². The number of hydrogen-bond donors (Lipinski definition) is 0. The molecule has 0 aromatic carbocycles. The second-order valence-corrected chi connectivity index (χ2v) is 9.92. The van der Waals surface area contributed by atoms with Gasteiger partial charge in [0.1, 0.15) is 0 Å². The van der Waals surface area contributed by atoms with Crippen molar-refractivity contribution in [2.24, 2.45) is 11.8 Å². The zero-order valence-electron chi connectivity index (χ0n) is 14.7. The quantitative estimate of drug-likeness (QED) is 0.383. The molecule has 3 aliphatic carbocycles. The smallest absolute Gasteiger partial charge is 0.0846 e. The zero-order valence-corrected chi connectivity index (χ0v) is 16.8. The SMILES string of the molecule is IC1CCC(OCC2CCCCC2)C(OCC2CCCCC2)C1. The summed E-state index contributed by atoms with van der Waals surface area (Å²) in [6, 6.07) is 0. The summed E-state index contributed by atoms with van der Waals surface area (Å²) in [6.07, 6.45) is 18.5. The summed E-state index contributed by atoms with van der Waals surface area (Å²) in [5.41, 5.74) is 0. The van der Waals surface area contributed by atoms with Gasteiger partial charge in [-0.1, -0.05) is 61.1 Å². The monoisotopic (exact) mass is 434 g/mol. The van der Waals surface area contributed by atoms with E-state index in [0.29, 0.717) is 12.2 Å². The molecule has 0 aliphatic heterocycles. The van der Waals surface area contributed by atoms with Gasteiger partial charge in [-0.15, -0.1) is 0 Å². The molecule has 0 amide bonds. The highest BCUT2D eigenvalue weighted by molar-refractivity contribution is 14.1. The first kappa shape index (κ1) is 18.4. The summed E-state index contributed by atoms with van der Waals surface area (Å²) >= 11 is 2.61. The van der Waals surface area contributed by atoms with Crippen molar-refractivity contribution in [3.63, 3.8) is 0 Å². The van der Waals surface area contributed by atoms with Crippen LogP contribution in [0.3, 0.4) is 0 Å². The average molecular weight is 434 g/mol. The van der Waals surface area contributed by atoms with Crippen molar-refractivity contribution in [2.75, 3.05) is 13.2 Å². The molecule has 3 aliphatic rings. The minimum atomic E-state index is 0.358. The highest BCUT2D eigenvalue weighted by Crippen LogP contribution is 2.32. The van der Waals surface area contributed by atoms with Crippen molar-refractivity contribution in [1.29, 1.82) is 0 Å². The molecule has 0 bridgehead atoms. The third-order valence-corrected chi connectivity index (χ3v) is 7.34. The van der Waals surface area contributed by atoms with Crippen molar-refractivity contribution >= 4 is 22.6 Å². The van der Waals surface area contributed by atoms with Gasteiger partial charge in [-0.05, 0) is 56.8 Å². The van der Waals surface area contributed by atoms with Gasteiger partial charge in [-0.2, -0.15) is 0 Å². The second-order valence-electron chi connectivity index (χ2n) is 8.16. The lowest BCUT2D eigenvalue weighted by atomic mass is 9.89. The van der Waals surface area contributed by atoms with E-state index in [4.69, 9.17) is 9.47 Å². The minimum Gasteiger partial charge on any atom is -0.375 e. The van der Waals surface area contributed by atoms with Crippen molar-refractivity contribution in [1.82, 2.24) is 0 Å². The Bertz CT molecular complexity index is 324. The van der Waals surface area contributed by atoms with Crippen LogP contribution < -0.4 is 0 Å². The lowest BCUT2D eigenvalue weighted by molar-refractivity contribution is -0.107. The third kappa shape index (κ3) is 6.14. The highest BCUT2D eigenvalue weighted by Gasteiger charge is 2.32. The summed E-state index contributed by atoms with van der Waals surface area (Å²) in [7, 11) is 0. The molecule has 23 heavy (non-hydrogen) atoms.